The first kappa shape index (κ1) is 16.3. The average Bonchev–Trinajstić information content (AvgIpc) is 3.14. The van der Waals surface area contributed by atoms with Crippen molar-refractivity contribution in [3.8, 4) is 0 Å². The van der Waals surface area contributed by atoms with Crippen molar-refractivity contribution in [2.45, 2.75) is 57.9 Å². The Balaban J connectivity index is 1.85. The molecule has 2 aliphatic carbocycles. The van der Waals surface area contributed by atoms with Gasteiger partial charge in [0.1, 0.15) is 0 Å². The van der Waals surface area contributed by atoms with Gasteiger partial charge in [0.05, 0.1) is 0 Å². The first-order valence-corrected chi connectivity index (χ1v) is 8.74. The fourth-order valence-corrected chi connectivity index (χ4v) is 3.57. The number of hydrogen-bond donors (Lipinski definition) is 1. The van der Waals surface area contributed by atoms with Gasteiger partial charge in [0.15, 0.2) is 0 Å². The highest BCUT2D eigenvalue weighted by Gasteiger charge is 2.36. The van der Waals surface area contributed by atoms with E-state index in [0.717, 1.165) is 6.04 Å². The zero-order valence-corrected chi connectivity index (χ0v) is 14.0. The third-order valence-corrected chi connectivity index (χ3v) is 4.97. The Hall–Kier alpha value is -0.120. The van der Waals surface area contributed by atoms with E-state index in [1.165, 1.54) is 77.7 Å². The summed E-state index contributed by atoms with van der Waals surface area (Å²) in [5.41, 5.74) is 0.573. The second-order valence-electron chi connectivity index (χ2n) is 7.44. The van der Waals surface area contributed by atoms with Crippen LogP contribution in [0.5, 0.6) is 0 Å². The van der Waals surface area contributed by atoms with E-state index in [9.17, 15) is 0 Å². The van der Waals surface area contributed by atoms with Crippen LogP contribution in [0.25, 0.3) is 0 Å². The highest BCUT2D eigenvalue weighted by atomic mass is 15.2. The molecule has 0 unspecified atom stereocenters. The third kappa shape index (κ3) is 5.34. The molecule has 1 N–H and O–H groups in total. The summed E-state index contributed by atoms with van der Waals surface area (Å²) in [6.07, 6.45) is 9.87. The van der Waals surface area contributed by atoms with Crippen LogP contribution in [0.2, 0.25) is 0 Å². The predicted octanol–water partition coefficient (Wildman–Crippen LogP) is 2.57. The molecule has 3 nitrogen and oxygen atoms in total. The van der Waals surface area contributed by atoms with Crippen LogP contribution in [0.1, 0.15) is 51.9 Å². The van der Waals surface area contributed by atoms with Crippen LogP contribution in [0, 0.1) is 5.41 Å². The second kappa shape index (κ2) is 7.77. The molecule has 2 aliphatic rings. The summed E-state index contributed by atoms with van der Waals surface area (Å²) >= 11 is 0. The first-order valence-electron chi connectivity index (χ1n) is 8.74. The highest BCUT2D eigenvalue weighted by molar-refractivity contribution is 4.92. The molecule has 0 aromatic carbocycles. The summed E-state index contributed by atoms with van der Waals surface area (Å²) in [5.74, 6) is 0. The smallest absolute Gasteiger partial charge is 0.0109 e. The van der Waals surface area contributed by atoms with E-state index in [4.69, 9.17) is 0 Å². The van der Waals surface area contributed by atoms with Crippen LogP contribution in [-0.2, 0) is 0 Å². The van der Waals surface area contributed by atoms with Gasteiger partial charge in [-0.15, -0.1) is 0 Å². The van der Waals surface area contributed by atoms with Crippen molar-refractivity contribution in [3.05, 3.63) is 0 Å². The lowest BCUT2D eigenvalue weighted by Gasteiger charge is -2.36. The van der Waals surface area contributed by atoms with E-state index < -0.39 is 0 Å². The van der Waals surface area contributed by atoms with E-state index in [1.54, 1.807) is 0 Å². The van der Waals surface area contributed by atoms with Gasteiger partial charge in [-0.25, -0.2) is 0 Å². The van der Waals surface area contributed by atoms with Crippen LogP contribution < -0.4 is 5.32 Å². The van der Waals surface area contributed by atoms with Crippen LogP contribution in [0.4, 0.5) is 0 Å². The number of nitrogens with one attached hydrogen (secondary N) is 1. The Labute approximate surface area is 126 Å². The minimum absolute atomic E-state index is 0.573. The minimum atomic E-state index is 0.573. The molecular weight excluding hydrogens is 246 g/mol. The van der Waals surface area contributed by atoms with Gasteiger partial charge in [-0.1, -0.05) is 19.8 Å². The summed E-state index contributed by atoms with van der Waals surface area (Å²) < 4.78 is 0. The van der Waals surface area contributed by atoms with Crippen molar-refractivity contribution in [3.63, 3.8) is 0 Å². The van der Waals surface area contributed by atoms with Gasteiger partial charge in [-0.3, -0.25) is 0 Å². The number of nitrogens with zero attached hydrogens (tertiary/aromatic N) is 2. The minimum Gasteiger partial charge on any atom is -0.313 e. The average molecular weight is 281 g/mol. The Morgan fingerprint density at radius 3 is 2.30 bits per heavy atom. The highest BCUT2D eigenvalue weighted by Crippen LogP contribution is 2.39. The summed E-state index contributed by atoms with van der Waals surface area (Å²) in [4.78, 5) is 5.03. The van der Waals surface area contributed by atoms with Gasteiger partial charge in [0.25, 0.3) is 0 Å². The van der Waals surface area contributed by atoms with Crippen molar-refractivity contribution < 1.29 is 0 Å². The SMILES string of the molecule is CCCN(CCN(C)C)CC1(CNC2CC2)CCCC1. The maximum Gasteiger partial charge on any atom is 0.0109 e. The van der Waals surface area contributed by atoms with Crippen molar-refractivity contribution in [1.82, 2.24) is 15.1 Å². The van der Waals surface area contributed by atoms with Gasteiger partial charge in [0, 0.05) is 32.2 Å². The van der Waals surface area contributed by atoms with Gasteiger partial charge in [0.2, 0.25) is 0 Å². The molecule has 3 heteroatoms. The van der Waals surface area contributed by atoms with Gasteiger partial charge in [-0.05, 0) is 58.2 Å². The topological polar surface area (TPSA) is 18.5 Å². The second-order valence-corrected chi connectivity index (χ2v) is 7.44. The van der Waals surface area contributed by atoms with Crippen LogP contribution in [0.15, 0.2) is 0 Å². The summed E-state index contributed by atoms with van der Waals surface area (Å²) in [6.45, 7) is 8.57. The molecule has 2 fully saturated rings. The fourth-order valence-electron chi connectivity index (χ4n) is 3.57. The monoisotopic (exact) mass is 281 g/mol. The largest absolute Gasteiger partial charge is 0.313 e. The van der Waals surface area contributed by atoms with E-state index in [1.807, 2.05) is 0 Å². The molecule has 0 radical (unpaired) electrons. The maximum absolute atomic E-state index is 3.81. The van der Waals surface area contributed by atoms with Crippen LogP contribution >= 0.6 is 0 Å². The molecule has 2 saturated carbocycles. The van der Waals surface area contributed by atoms with E-state index in [-0.39, 0.29) is 0 Å². The van der Waals surface area contributed by atoms with Crippen molar-refractivity contribution >= 4 is 0 Å². The van der Waals surface area contributed by atoms with Gasteiger partial charge < -0.3 is 15.1 Å². The number of hydrogen-bond acceptors (Lipinski definition) is 3. The fraction of sp³-hybridized carbons (Fsp3) is 1.00. The van der Waals surface area contributed by atoms with E-state index in [2.05, 4.69) is 36.1 Å². The van der Waals surface area contributed by atoms with Crippen molar-refractivity contribution in [2.75, 3.05) is 46.8 Å². The van der Waals surface area contributed by atoms with Gasteiger partial charge in [-0.2, -0.15) is 0 Å². The first-order chi connectivity index (χ1) is 9.63. The molecule has 0 aromatic rings. The quantitative estimate of drug-likeness (QED) is 0.664. The predicted molar refractivity (Wildman–Crippen MR) is 87.2 cm³/mol. The molecule has 0 saturated heterocycles. The number of rotatable bonds is 10. The lowest BCUT2D eigenvalue weighted by molar-refractivity contribution is 0.139. The standard InChI is InChI=1S/C17H35N3/c1-4-11-20(13-12-19(2)3)15-17(9-5-6-10-17)14-18-16-7-8-16/h16,18H,4-15H2,1-3H3. The van der Waals surface area contributed by atoms with Crippen LogP contribution in [-0.4, -0.2) is 62.7 Å². The Morgan fingerprint density at radius 2 is 1.75 bits per heavy atom. The Kier molecular flexibility index (Phi) is 6.31. The van der Waals surface area contributed by atoms with E-state index in [0.29, 0.717) is 5.41 Å². The zero-order valence-electron chi connectivity index (χ0n) is 14.0. The Morgan fingerprint density at radius 1 is 1.05 bits per heavy atom. The molecule has 20 heavy (non-hydrogen) atoms. The van der Waals surface area contributed by atoms with Crippen LogP contribution in [0.3, 0.4) is 0 Å². The molecule has 0 aliphatic heterocycles. The third-order valence-electron chi connectivity index (χ3n) is 4.97. The number of likely N-dealkylation sites (N-methyl/N-ethyl adjacent to an activating group) is 1. The molecule has 2 rings (SSSR count). The van der Waals surface area contributed by atoms with Crippen molar-refractivity contribution in [1.29, 1.82) is 0 Å². The molecule has 0 heterocycles. The van der Waals surface area contributed by atoms with E-state index >= 15 is 0 Å². The Bertz CT molecular complexity index is 267. The summed E-state index contributed by atoms with van der Waals surface area (Å²) in [7, 11) is 4.37. The van der Waals surface area contributed by atoms with Crippen molar-refractivity contribution in [2.24, 2.45) is 5.41 Å². The lowest BCUT2D eigenvalue weighted by Crippen LogP contribution is -2.45. The molecule has 0 bridgehead atoms. The molecule has 0 atom stereocenters. The zero-order chi connectivity index (χ0) is 14.4. The molecule has 0 amide bonds. The molecule has 0 aromatic heterocycles. The maximum atomic E-state index is 3.81. The summed E-state index contributed by atoms with van der Waals surface area (Å²) in [6, 6.07) is 0.855. The summed E-state index contributed by atoms with van der Waals surface area (Å²) in [5, 5.41) is 3.81. The van der Waals surface area contributed by atoms with Gasteiger partial charge >= 0.3 is 0 Å². The molecule has 0 spiro atoms. The lowest BCUT2D eigenvalue weighted by atomic mass is 9.85. The normalized spacial score (nSPS) is 22.1. The molecule has 118 valence electrons. The molecular formula is C17H35N3.